The fourth-order valence-electron chi connectivity index (χ4n) is 1.75. The van der Waals surface area contributed by atoms with Crippen LogP contribution in [0.25, 0.3) is 0 Å². The second-order valence-corrected chi connectivity index (χ2v) is 4.27. The van der Waals surface area contributed by atoms with E-state index < -0.39 is 23.3 Å². The highest BCUT2D eigenvalue weighted by Crippen LogP contribution is 2.23. The smallest absolute Gasteiger partial charge is 0.323 e. The quantitative estimate of drug-likeness (QED) is 0.655. The lowest BCUT2D eigenvalue weighted by atomic mass is 10.0. The Bertz CT molecular complexity index is 553. The molecule has 0 fully saturated rings. The van der Waals surface area contributed by atoms with Crippen LogP contribution in [0.15, 0.2) is 12.1 Å². The van der Waals surface area contributed by atoms with Crippen molar-refractivity contribution < 1.29 is 19.6 Å². The SMILES string of the molecule is Cc1cc(C)c([N+](=O)[O-])cc1C(=O)N(C)CC(=O)O. The largest absolute Gasteiger partial charge is 0.480 e. The topological polar surface area (TPSA) is 101 Å². The highest BCUT2D eigenvalue weighted by atomic mass is 16.6. The number of nitro benzene ring substituents is 1. The van der Waals surface area contributed by atoms with Crippen LogP contribution in [0.5, 0.6) is 0 Å². The first-order valence-corrected chi connectivity index (χ1v) is 5.47. The molecule has 0 bridgehead atoms. The maximum absolute atomic E-state index is 12.0. The minimum Gasteiger partial charge on any atom is -0.480 e. The zero-order valence-corrected chi connectivity index (χ0v) is 10.8. The summed E-state index contributed by atoms with van der Waals surface area (Å²) in [6, 6.07) is 2.73. The standard InChI is InChI=1S/C12H14N2O5/c1-7-4-8(2)10(14(18)19)5-9(7)12(17)13(3)6-11(15)16/h4-5H,6H2,1-3H3,(H,15,16). The van der Waals surface area contributed by atoms with E-state index in [0.717, 1.165) is 4.90 Å². The number of hydrogen-bond donors (Lipinski definition) is 1. The molecule has 0 aliphatic carbocycles. The van der Waals surface area contributed by atoms with Gasteiger partial charge in [0.2, 0.25) is 0 Å². The molecule has 1 aromatic rings. The molecule has 1 aromatic carbocycles. The van der Waals surface area contributed by atoms with E-state index in [0.29, 0.717) is 11.1 Å². The van der Waals surface area contributed by atoms with Crippen molar-refractivity contribution in [1.29, 1.82) is 0 Å². The van der Waals surface area contributed by atoms with Crippen molar-refractivity contribution in [3.63, 3.8) is 0 Å². The number of rotatable bonds is 4. The van der Waals surface area contributed by atoms with Gasteiger partial charge in [0.05, 0.1) is 4.92 Å². The average molecular weight is 266 g/mol. The van der Waals surface area contributed by atoms with Gasteiger partial charge >= 0.3 is 5.97 Å². The molecule has 0 unspecified atom stereocenters. The van der Waals surface area contributed by atoms with Crippen LogP contribution in [0.3, 0.4) is 0 Å². The fourth-order valence-corrected chi connectivity index (χ4v) is 1.75. The first-order valence-electron chi connectivity index (χ1n) is 5.47. The third-order valence-electron chi connectivity index (χ3n) is 2.69. The first kappa shape index (κ1) is 14.6. The third kappa shape index (κ3) is 3.27. The number of aryl methyl sites for hydroxylation is 2. The lowest BCUT2D eigenvalue weighted by Gasteiger charge is -2.16. The number of carboxylic acids is 1. The normalized spacial score (nSPS) is 10.1. The summed E-state index contributed by atoms with van der Waals surface area (Å²) in [6.45, 7) is 2.78. The van der Waals surface area contributed by atoms with Gasteiger partial charge in [0.15, 0.2) is 0 Å². The van der Waals surface area contributed by atoms with Crippen LogP contribution < -0.4 is 0 Å². The van der Waals surface area contributed by atoms with Gasteiger partial charge in [0.25, 0.3) is 11.6 Å². The molecule has 7 heteroatoms. The van der Waals surface area contributed by atoms with E-state index in [2.05, 4.69) is 0 Å². The van der Waals surface area contributed by atoms with Gasteiger partial charge in [-0.2, -0.15) is 0 Å². The Morgan fingerprint density at radius 2 is 1.89 bits per heavy atom. The molecular formula is C12H14N2O5. The molecule has 7 nitrogen and oxygen atoms in total. The number of likely N-dealkylation sites (N-methyl/N-ethyl adjacent to an activating group) is 1. The highest BCUT2D eigenvalue weighted by Gasteiger charge is 2.21. The fraction of sp³-hybridized carbons (Fsp3) is 0.333. The summed E-state index contributed by atoms with van der Waals surface area (Å²) in [5, 5.41) is 19.5. The van der Waals surface area contributed by atoms with Gasteiger partial charge in [0, 0.05) is 24.2 Å². The monoisotopic (exact) mass is 266 g/mol. The number of benzene rings is 1. The van der Waals surface area contributed by atoms with E-state index in [1.165, 1.54) is 13.1 Å². The summed E-state index contributed by atoms with van der Waals surface area (Å²) in [6.07, 6.45) is 0. The number of amides is 1. The van der Waals surface area contributed by atoms with Crippen molar-refractivity contribution in [3.05, 3.63) is 38.9 Å². The van der Waals surface area contributed by atoms with Crippen LogP contribution in [0.1, 0.15) is 21.5 Å². The predicted octanol–water partition coefficient (Wildman–Crippen LogP) is 1.37. The molecule has 0 atom stereocenters. The third-order valence-corrected chi connectivity index (χ3v) is 2.69. The molecule has 19 heavy (non-hydrogen) atoms. The number of hydrogen-bond acceptors (Lipinski definition) is 4. The molecule has 1 N–H and O–H groups in total. The highest BCUT2D eigenvalue weighted by molar-refractivity contribution is 5.97. The maximum atomic E-state index is 12.0. The van der Waals surface area contributed by atoms with Crippen molar-refractivity contribution >= 4 is 17.6 Å². The number of carboxylic acid groups (broad SMARTS) is 1. The molecule has 0 radical (unpaired) electrons. The first-order chi connectivity index (χ1) is 8.73. The number of aliphatic carboxylic acids is 1. The minimum absolute atomic E-state index is 0.140. The molecule has 0 aliphatic rings. The Balaban J connectivity index is 3.19. The summed E-state index contributed by atoms with van der Waals surface area (Å²) >= 11 is 0. The van der Waals surface area contributed by atoms with Gasteiger partial charge in [-0.3, -0.25) is 19.7 Å². The molecule has 0 aromatic heterocycles. The summed E-state index contributed by atoms with van der Waals surface area (Å²) in [7, 11) is 1.33. The number of carbonyl (C=O) groups excluding carboxylic acids is 1. The van der Waals surface area contributed by atoms with Gasteiger partial charge in [0.1, 0.15) is 6.54 Å². The van der Waals surface area contributed by atoms with Crippen LogP contribution in [-0.2, 0) is 4.79 Å². The summed E-state index contributed by atoms with van der Waals surface area (Å²) < 4.78 is 0. The summed E-state index contributed by atoms with van der Waals surface area (Å²) in [5.74, 6) is -1.70. The second kappa shape index (κ2) is 5.47. The van der Waals surface area contributed by atoms with E-state index in [-0.39, 0.29) is 11.3 Å². The maximum Gasteiger partial charge on any atom is 0.323 e. The van der Waals surface area contributed by atoms with Crippen LogP contribution in [-0.4, -0.2) is 40.4 Å². The molecule has 0 saturated carbocycles. The van der Waals surface area contributed by atoms with E-state index >= 15 is 0 Å². The van der Waals surface area contributed by atoms with Crippen molar-refractivity contribution in [2.24, 2.45) is 0 Å². The van der Waals surface area contributed by atoms with E-state index in [4.69, 9.17) is 5.11 Å². The Kier molecular flexibility index (Phi) is 4.21. The Morgan fingerprint density at radius 3 is 2.37 bits per heavy atom. The zero-order valence-electron chi connectivity index (χ0n) is 10.8. The van der Waals surface area contributed by atoms with Crippen LogP contribution in [0.2, 0.25) is 0 Å². The Hall–Kier alpha value is -2.44. The van der Waals surface area contributed by atoms with Crippen molar-refractivity contribution in [1.82, 2.24) is 4.90 Å². The van der Waals surface area contributed by atoms with Crippen LogP contribution in [0, 0.1) is 24.0 Å². The Morgan fingerprint density at radius 1 is 1.32 bits per heavy atom. The lowest BCUT2D eigenvalue weighted by molar-refractivity contribution is -0.385. The molecule has 0 saturated heterocycles. The van der Waals surface area contributed by atoms with Crippen molar-refractivity contribution in [2.75, 3.05) is 13.6 Å². The van der Waals surface area contributed by atoms with E-state index in [1.54, 1.807) is 19.9 Å². The van der Waals surface area contributed by atoms with Crippen LogP contribution in [0.4, 0.5) is 5.69 Å². The zero-order chi connectivity index (χ0) is 14.7. The number of carbonyl (C=O) groups is 2. The van der Waals surface area contributed by atoms with Gasteiger partial charge < -0.3 is 10.0 Å². The second-order valence-electron chi connectivity index (χ2n) is 4.27. The summed E-state index contributed by atoms with van der Waals surface area (Å²) in [4.78, 5) is 33.9. The van der Waals surface area contributed by atoms with E-state index in [9.17, 15) is 19.7 Å². The van der Waals surface area contributed by atoms with E-state index in [1.807, 2.05) is 0 Å². The van der Waals surface area contributed by atoms with Gasteiger partial charge in [-0.25, -0.2) is 0 Å². The number of nitro groups is 1. The minimum atomic E-state index is -1.14. The predicted molar refractivity (Wildman–Crippen MR) is 67.2 cm³/mol. The van der Waals surface area contributed by atoms with Gasteiger partial charge in [-0.1, -0.05) is 0 Å². The summed E-state index contributed by atoms with van der Waals surface area (Å²) in [5.41, 5.74) is 1.02. The average Bonchev–Trinajstić information content (AvgIpc) is 2.26. The van der Waals surface area contributed by atoms with Crippen molar-refractivity contribution in [3.8, 4) is 0 Å². The van der Waals surface area contributed by atoms with Gasteiger partial charge in [-0.15, -0.1) is 0 Å². The molecule has 0 heterocycles. The molecule has 0 aliphatic heterocycles. The molecule has 1 amide bonds. The molecule has 0 spiro atoms. The molecular weight excluding hydrogens is 252 g/mol. The van der Waals surface area contributed by atoms with Crippen molar-refractivity contribution in [2.45, 2.75) is 13.8 Å². The Labute approximate surface area is 109 Å². The van der Waals surface area contributed by atoms with Gasteiger partial charge in [-0.05, 0) is 25.5 Å². The lowest BCUT2D eigenvalue weighted by Crippen LogP contribution is -2.32. The molecule has 102 valence electrons. The number of nitrogens with zero attached hydrogens (tertiary/aromatic N) is 2. The molecule has 1 rings (SSSR count). The van der Waals surface area contributed by atoms with Crippen LogP contribution >= 0.6 is 0 Å².